The number of carbonyl (C=O) groups is 1. The first-order valence-electron chi connectivity index (χ1n) is 13.1. The van der Waals surface area contributed by atoms with Gasteiger partial charge in [-0.1, -0.05) is 19.9 Å². The molecule has 0 spiro atoms. The van der Waals surface area contributed by atoms with Gasteiger partial charge in [0.05, 0.1) is 19.3 Å². The number of aliphatic hydroxyl groups is 1. The molecule has 4 heterocycles. The van der Waals surface area contributed by atoms with Crippen molar-refractivity contribution in [2.45, 2.75) is 51.3 Å². The minimum absolute atomic E-state index is 0.0255. The maximum Gasteiger partial charge on any atom is 0.227 e. The van der Waals surface area contributed by atoms with Gasteiger partial charge in [0.15, 0.2) is 5.67 Å². The van der Waals surface area contributed by atoms with Crippen LogP contribution in [0.3, 0.4) is 0 Å². The van der Waals surface area contributed by atoms with Crippen molar-refractivity contribution in [3.8, 4) is 5.75 Å². The molecular weight excluding hydrogens is 487 g/mol. The van der Waals surface area contributed by atoms with Gasteiger partial charge in [0.1, 0.15) is 17.4 Å². The summed E-state index contributed by atoms with van der Waals surface area (Å²) in [6, 6.07) is 7.80. The van der Waals surface area contributed by atoms with E-state index in [2.05, 4.69) is 40.2 Å². The Labute approximate surface area is 222 Å². The highest BCUT2D eigenvalue weighted by atomic mass is 19.1. The zero-order valence-corrected chi connectivity index (χ0v) is 22.3. The van der Waals surface area contributed by atoms with Crippen LogP contribution in [0.5, 0.6) is 5.75 Å². The Morgan fingerprint density at radius 3 is 2.76 bits per heavy atom. The van der Waals surface area contributed by atoms with Crippen molar-refractivity contribution >= 4 is 34.3 Å². The average Bonchev–Trinajstić information content (AvgIpc) is 3.20. The summed E-state index contributed by atoms with van der Waals surface area (Å²) >= 11 is 0. The predicted octanol–water partition coefficient (Wildman–Crippen LogP) is 4.05. The monoisotopic (exact) mass is 522 g/mol. The zero-order valence-electron chi connectivity index (χ0n) is 22.3. The number of nitrogens with zero attached hydrogens (tertiary/aromatic N) is 5. The van der Waals surface area contributed by atoms with E-state index in [-0.39, 0.29) is 24.3 Å². The summed E-state index contributed by atoms with van der Waals surface area (Å²) in [5.74, 6) is 2.93. The molecule has 2 aliphatic heterocycles. The Balaban J connectivity index is 1.37. The van der Waals surface area contributed by atoms with Gasteiger partial charge in [-0.25, -0.2) is 14.4 Å². The molecule has 2 aliphatic rings. The van der Waals surface area contributed by atoms with E-state index in [9.17, 15) is 14.3 Å². The second kappa shape index (κ2) is 10.3. The highest BCUT2D eigenvalue weighted by Crippen LogP contribution is 2.34. The van der Waals surface area contributed by atoms with Crippen LogP contribution in [-0.4, -0.2) is 75.9 Å². The van der Waals surface area contributed by atoms with Gasteiger partial charge >= 0.3 is 0 Å². The fourth-order valence-electron chi connectivity index (χ4n) is 5.22. The van der Waals surface area contributed by atoms with Crippen molar-refractivity contribution in [1.82, 2.24) is 19.9 Å². The zero-order chi connectivity index (χ0) is 27.0. The van der Waals surface area contributed by atoms with Gasteiger partial charge in [0.25, 0.3) is 0 Å². The molecule has 3 atom stereocenters. The van der Waals surface area contributed by atoms with Crippen LogP contribution in [0, 0.1) is 5.92 Å². The highest BCUT2D eigenvalue weighted by molar-refractivity contribution is 5.92. The van der Waals surface area contributed by atoms with Gasteiger partial charge in [-0.3, -0.25) is 4.79 Å². The fraction of sp³-hybridized carbons (Fsp3) is 0.500. The molecule has 1 amide bonds. The Morgan fingerprint density at radius 1 is 1.24 bits per heavy atom. The number of anilines is 3. The van der Waals surface area contributed by atoms with Gasteiger partial charge < -0.3 is 25.0 Å². The number of aliphatic hydroxyl groups excluding tert-OH is 1. The summed E-state index contributed by atoms with van der Waals surface area (Å²) < 4.78 is 20.9. The van der Waals surface area contributed by atoms with Gasteiger partial charge in [0, 0.05) is 50.3 Å². The van der Waals surface area contributed by atoms with E-state index in [0.29, 0.717) is 50.1 Å². The molecule has 0 bridgehead atoms. The molecule has 2 fully saturated rings. The molecule has 10 heteroatoms. The first-order valence-corrected chi connectivity index (χ1v) is 13.1. The molecule has 2 N–H and O–H groups in total. The van der Waals surface area contributed by atoms with E-state index in [1.165, 1.54) is 12.5 Å². The third kappa shape index (κ3) is 5.36. The molecule has 0 unspecified atom stereocenters. The molecule has 0 aliphatic carbocycles. The lowest BCUT2D eigenvalue weighted by Crippen LogP contribution is -2.52. The molecule has 202 valence electrons. The summed E-state index contributed by atoms with van der Waals surface area (Å²) in [5, 5.41) is 15.1. The van der Waals surface area contributed by atoms with Crippen molar-refractivity contribution in [3.63, 3.8) is 0 Å². The van der Waals surface area contributed by atoms with Crippen LogP contribution in [0.4, 0.5) is 22.0 Å². The van der Waals surface area contributed by atoms with E-state index in [4.69, 9.17) is 4.74 Å². The summed E-state index contributed by atoms with van der Waals surface area (Å²) in [4.78, 5) is 28.9. The van der Waals surface area contributed by atoms with E-state index in [1.807, 2.05) is 19.2 Å². The Hall–Kier alpha value is -3.53. The van der Waals surface area contributed by atoms with Crippen molar-refractivity contribution in [1.29, 1.82) is 0 Å². The number of rotatable bonds is 7. The SMILES string of the molecule is CC(C)c1ccc(OC[C@@H]2CC(=O)N(C)C2)c2cnc(Nc3ccnc(N4CC[C@@H](O)[C@@](C)(F)C4)n3)cc12. The number of hydrogen-bond acceptors (Lipinski definition) is 8. The Morgan fingerprint density at radius 2 is 2.05 bits per heavy atom. The third-order valence-electron chi connectivity index (χ3n) is 7.46. The van der Waals surface area contributed by atoms with Crippen LogP contribution < -0.4 is 15.0 Å². The van der Waals surface area contributed by atoms with E-state index in [1.54, 1.807) is 28.3 Å². The van der Waals surface area contributed by atoms with Crippen LogP contribution in [0.15, 0.2) is 36.7 Å². The van der Waals surface area contributed by atoms with Crippen LogP contribution in [0.2, 0.25) is 0 Å². The number of nitrogens with one attached hydrogen (secondary N) is 1. The first kappa shape index (κ1) is 26.1. The van der Waals surface area contributed by atoms with Crippen molar-refractivity contribution in [2.75, 3.05) is 43.5 Å². The predicted molar refractivity (Wildman–Crippen MR) is 145 cm³/mol. The van der Waals surface area contributed by atoms with Crippen molar-refractivity contribution < 1.29 is 19.0 Å². The van der Waals surface area contributed by atoms with Gasteiger partial charge in [-0.15, -0.1) is 0 Å². The van der Waals surface area contributed by atoms with E-state index >= 15 is 0 Å². The number of halogens is 1. The quantitative estimate of drug-likeness (QED) is 0.479. The lowest BCUT2D eigenvalue weighted by atomic mass is 9.94. The van der Waals surface area contributed by atoms with Crippen molar-refractivity contribution in [3.05, 3.63) is 42.2 Å². The lowest BCUT2D eigenvalue weighted by molar-refractivity contribution is -0.126. The number of aromatic nitrogens is 3. The molecule has 1 aromatic carbocycles. The molecule has 0 radical (unpaired) electrons. The molecule has 3 aromatic rings. The third-order valence-corrected chi connectivity index (χ3v) is 7.46. The van der Waals surface area contributed by atoms with Crippen LogP contribution in [0.25, 0.3) is 10.8 Å². The van der Waals surface area contributed by atoms with Crippen LogP contribution in [0.1, 0.15) is 45.1 Å². The number of benzene rings is 1. The number of alkyl halides is 1. The molecular formula is C28H35FN6O3. The fourth-order valence-corrected chi connectivity index (χ4v) is 5.22. The van der Waals surface area contributed by atoms with E-state index < -0.39 is 11.8 Å². The first-order chi connectivity index (χ1) is 18.1. The molecule has 38 heavy (non-hydrogen) atoms. The molecule has 2 saturated heterocycles. The number of ether oxygens (including phenoxy) is 1. The number of likely N-dealkylation sites (tertiary alicyclic amines) is 1. The van der Waals surface area contributed by atoms with Gasteiger partial charge in [-0.2, -0.15) is 4.98 Å². The second-order valence-corrected chi connectivity index (χ2v) is 10.9. The number of amides is 1. The van der Waals surface area contributed by atoms with Gasteiger partial charge in [-0.05, 0) is 48.4 Å². The standard InChI is InChI=1S/C28H35FN6O3/c1-17(2)19-5-6-22(38-15-18-11-26(37)34(4)14-18)21-13-31-25(12-20(19)21)32-24-7-9-30-27(33-24)35-10-8-23(36)28(3,29)16-35/h5-7,9,12-13,17-18,23,36H,8,10-11,14-16H2,1-4H3,(H,30,31,32,33)/t18-,23-,28+/m1/s1. The molecule has 2 aromatic heterocycles. The topological polar surface area (TPSA) is 104 Å². The molecule has 5 rings (SSSR count). The minimum Gasteiger partial charge on any atom is -0.493 e. The Bertz CT molecular complexity index is 1330. The van der Waals surface area contributed by atoms with Crippen molar-refractivity contribution in [2.24, 2.45) is 5.92 Å². The second-order valence-electron chi connectivity index (χ2n) is 10.9. The summed E-state index contributed by atoms with van der Waals surface area (Å²) in [6.07, 6.45) is 3.26. The van der Waals surface area contributed by atoms with E-state index in [0.717, 1.165) is 16.5 Å². The van der Waals surface area contributed by atoms with Crippen LogP contribution in [-0.2, 0) is 4.79 Å². The maximum absolute atomic E-state index is 14.7. The molecule has 0 saturated carbocycles. The average molecular weight is 523 g/mol. The Kier molecular flexibility index (Phi) is 7.09. The number of fused-ring (bicyclic) bond motifs is 1. The molecule has 9 nitrogen and oxygen atoms in total. The highest BCUT2D eigenvalue weighted by Gasteiger charge is 2.39. The van der Waals surface area contributed by atoms with Gasteiger partial charge in [0.2, 0.25) is 11.9 Å². The smallest absolute Gasteiger partial charge is 0.227 e. The lowest BCUT2D eigenvalue weighted by Gasteiger charge is -2.38. The number of carbonyl (C=O) groups excluding carboxylic acids is 1. The maximum atomic E-state index is 14.7. The normalized spacial score (nSPS) is 23.9. The largest absolute Gasteiger partial charge is 0.493 e. The number of piperidine rings is 1. The number of hydrogen-bond donors (Lipinski definition) is 2. The minimum atomic E-state index is -1.72. The summed E-state index contributed by atoms with van der Waals surface area (Å²) in [7, 11) is 1.82. The number of pyridine rings is 1. The summed E-state index contributed by atoms with van der Waals surface area (Å²) in [6.45, 7) is 7.38. The van der Waals surface area contributed by atoms with Crippen LogP contribution >= 0.6 is 0 Å². The summed E-state index contributed by atoms with van der Waals surface area (Å²) in [5.41, 5.74) is -0.549.